The molecule has 2 rings (SSSR count). The Kier molecular flexibility index (Phi) is 5.30. The Morgan fingerprint density at radius 3 is 2.72 bits per heavy atom. The lowest BCUT2D eigenvalue weighted by atomic mass is 10.2. The highest BCUT2D eigenvalue weighted by Crippen LogP contribution is 2.28. The van der Waals surface area contributed by atoms with E-state index in [1.54, 1.807) is 7.11 Å². The van der Waals surface area contributed by atoms with Crippen LogP contribution in [0.3, 0.4) is 0 Å². The van der Waals surface area contributed by atoms with E-state index in [0.29, 0.717) is 6.61 Å². The monoisotopic (exact) mass is 250 g/mol. The number of hydrogen-bond acceptors (Lipinski definition) is 4. The smallest absolute Gasteiger partial charge is 0.142 e. The second kappa shape index (κ2) is 7.24. The summed E-state index contributed by atoms with van der Waals surface area (Å²) in [5.74, 6) is 0.982. The molecule has 0 aromatic heterocycles. The van der Waals surface area contributed by atoms with Crippen molar-refractivity contribution in [1.82, 2.24) is 5.32 Å². The number of ether oxygens (including phenoxy) is 2. The van der Waals surface area contributed by atoms with Gasteiger partial charge < -0.3 is 19.7 Å². The summed E-state index contributed by atoms with van der Waals surface area (Å²) in [6.45, 7) is 5.61. The molecule has 0 bridgehead atoms. The van der Waals surface area contributed by atoms with Crippen LogP contribution in [-0.4, -0.2) is 46.5 Å². The first-order valence-electron chi connectivity index (χ1n) is 6.58. The maximum atomic E-state index is 5.85. The van der Waals surface area contributed by atoms with Gasteiger partial charge in [0.2, 0.25) is 0 Å². The average Bonchev–Trinajstić information content (AvgIpc) is 2.45. The third kappa shape index (κ3) is 3.62. The molecule has 1 aromatic carbocycles. The number of nitrogens with zero attached hydrogens (tertiary/aromatic N) is 1. The highest BCUT2D eigenvalue weighted by molar-refractivity contribution is 5.58. The Balaban J connectivity index is 1.96. The molecule has 4 heteroatoms. The van der Waals surface area contributed by atoms with Gasteiger partial charge in [0.25, 0.3) is 0 Å². The number of benzene rings is 1. The van der Waals surface area contributed by atoms with E-state index in [9.17, 15) is 0 Å². The van der Waals surface area contributed by atoms with Gasteiger partial charge in [0.1, 0.15) is 5.75 Å². The normalized spacial score (nSPS) is 15.7. The molecule has 100 valence electrons. The van der Waals surface area contributed by atoms with Crippen LogP contribution in [0.4, 0.5) is 5.69 Å². The molecule has 0 atom stereocenters. The van der Waals surface area contributed by atoms with E-state index in [1.807, 2.05) is 12.1 Å². The molecule has 1 saturated heterocycles. The molecule has 1 heterocycles. The maximum absolute atomic E-state index is 5.85. The Morgan fingerprint density at radius 2 is 1.94 bits per heavy atom. The number of nitrogens with one attached hydrogen (secondary N) is 1. The van der Waals surface area contributed by atoms with Crippen molar-refractivity contribution < 1.29 is 9.47 Å². The summed E-state index contributed by atoms with van der Waals surface area (Å²) >= 11 is 0. The molecule has 4 nitrogen and oxygen atoms in total. The SMILES string of the molecule is COCCCOc1ccccc1N1CCNCC1. The standard InChI is InChI=1S/C14H22N2O2/c1-17-11-4-12-18-14-6-3-2-5-13(14)16-9-7-15-8-10-16/h2-3,5-6,15H,4,7-12H2,1H3. The number of piperazine rings is 1. The number of para-hydroxylation sites is 2. The summed E-state index contributed by atoms with van der Waals surface area (Å²) in [5, 5.41) is 3.36. The van der Waals surface area contributed by atoms with E-state index in [2.05, 4.69) is 22.3 Å². The molecule has 1 aliphatic rings. The minimum absolute atomic E-state index is 0.705. The molecular weight excluding hydrogens is 228 g/mol. The van der Waals surface area contributed by atoms with Gasteiger partial charge in [-0.1, -0.05) is 12.1 Å². The molecule has 0 amide bonds. The van der Waals surface area contributed by atoms with Crippen molar-refractivity contribution in [2.45, 2.75) is 6.42 Å². The molecule has 0 aliphatic carbocycles. The molecule has 0 spiro atoms. The first-order valence-corrected chi connectivity index (χ1v) is 6.58. The van der Waals surface area contributed by atoms with Gasteiger partial charge in [-0.15, -0.1) is 0 Å². The first-order chi connectivity index (χ1) is 8.92. The third-order valence-electron chi connectivity index (χ3n) is 3.07. The van der Waals surface area contributed by atoms with Crippen LogP contribution in [0.1, 0.15) is 6.42 Å². The maximum Gasteiger partial charge on any atom is 0.142 e. The molecule has 0 radical (unpaired) electrons. The third-order valence-corrected chi connectivity index (χ3v) is 3.07. The molecular formula is C14H22N2O2. The summed E-state index contributed by atoms with van der Waals surface area (Å²) in [6, 6.07) is 8.28. The van der Waals surface area contributed by atoms with Crippen molar-refractivity contribution in [1.29, 1.82) is 0 Å². The van der Waals surface area contributed by atoms with Crippen molar-refractivity contribution in [2.75, 3.05) is 51.4 Å². The van der Waals surface area contributed by atoms with Crippen LogP contribution in [0, 0.1) is 0 Å². The van der Waals surface area contributed by atoms with Gasteiger partial charge in [-0.05, 0) is 12.1 Å². The van der Waals surface area contributed by atoms with E-state index in [1.165, 1.54) is 5.69 Å². The number of rotatable bonds is 6. The highest BCUT2D eigenvalue weighted by Gasteiger charge is 2.14. The first kappa shape index (κ1) is 13.2. The minimum atomic E-state index is 0.705. The van der Waals surface area contributed by atoms with Gasteiger partial charge in [0.15, 0.2) is 0 Å². The average molecular weight is 250 g/mol. The molecule has 0 unspecified atom stereocenters. The van der Waals surface area contributed by atoms with Crippen LogP contribution in [-0.2, 0) is 4.74 Å². The lowest BCUT2D eigenvalue weighted by Crippen LogP contribution is -2.43. The minimum Gasteiger partial charge on any atom is -0.491 e. The second-order valence-electron chi connectivity index (χ2n) is 4.40. The van der Waals surface area contributed by atoms with Gasteiger partial charge in [0.05, 0.1) is 12.3 Å². The summed E-state index contributed by atoms with van der Waals surface area (Å²) in [7, 11) is 1.72. The lowest BCUT2D eigenvalue weighted by Gasteiger charge is -2.30. The largest absolute Gasteiger partial charge is 0.491 e. The Hall–Kier alpha value is -1.26. The summed E-state index contributed by atoms with van der Waals surface area (Å²) < 4.78 is 10.9. The van der Waals surface area contributed by atoms with Crippen LogP contribution >= 0.6 is 0 Å². The fourth-order valence-corrected chi connectivity index (χ4v) is 2.13. The predicted molar refractivity (Wildman–Crippen MR) is 73.5 cm³/mol. The van der Waals surface area contributed by atoms with E-state index in [0.717, 1.165) is 45.0 Å². The zero-order chi connectivity index (χ0) is 12.6. The van der Waals surface area contributed by atoms with Gasteiger partial charge in [-0.3, -0.25) is 0 Å². The van der Waals surface area contributed by atoms with E-state index >= 15 is 0 Å². The molecule has 1 fully saturated rings. The lowest BCUT2D eigenvalue weighted by molar-refractivity contribution is 0.172. The Bertz CT molecular complexity index is 351. The Labute approximate surface area is 109 Å². The van der Waals surface area contributed by atoms with Crippen molar-refractivity contribution >= 4 is 5.69 Å². The van der Waals surface area contributed by atoms with Crippen LogP contribution in [0.25, 0.3) is 0 Å². The summed E-state index contributed by atoms with van der Waals surface area (Å²) in [6.07, 6.45) is 0.923. The molecule has 18 heavy (non-hydrogen) atoms. The number of methoxy groups -OCH3 is 1. The van der Waals surface area contributed by atoms with Gasteiger partial charge in [-0.25, -0.2) is 0 Å². The zero-order valence-electron chi connectivity index (χ0n) is 11.0. The second-order valence-corrected chi connectivity index (χ2v) is 4.40. The zero-order valence-corrected chi connectivity index (χ0v) is 11.0. The number of anilines is 1. The molecule has 0 saturated carbocycles. The molecule has 1 aliphatic heterocycles. The van der Waals surface area contributed by atoms with Gasteiger partial charge in [-0.2, -0.15) is 0 Å². The fourth-order valence-electron chi connectivity index (χ4n) is 2.13. The van der Waals surface area contributed by atoms with Crippen molar-refractivity contribution in [2.24, 2.45) is 0 Å². The van der Waals surface area contributed by atoms with Gasteiger partial charge >= 0.3 is 0 Å². The van der Waals surface area contributed by atoms with Crippen molar-refractivity contribution in [3.8, 4) is 5.75 Å². The number of hydrogen-bond donors (Lipinski definition) is 1. The van der Waals surface area contributed by atoms with E-state index in [-0.39, 0.29) is 0 Å². The Morgan fingerprint density at radius 1 is 1.17 bits per heavy atom. The van der Waals surface area contributed by atoms with Crippen LogP contribution < -0.4 is 15.0 Å². The van der Waals surface area contributed by atoms with Crippen LogP contribution in [0.2, 0.25) is 0 Å². The fraction of sp³-hybridized carbons (Fsp3) is 0.571. The predicted octanol–water partition coefficient (Wildman–Crippen LogP) is 1.51. The van der Waals surface area contributed by atoms with E-state index in [4.69, 9.17) is 9.47 Å². The van der Waals surface area contributed by atoms with Gasteiger partial charge in [0, 0.05) is 46.3 Å². The summed E-state index contributed by atoms with van der Waals surface area (Å²) in [5.41, 5.74) is 1.21. The quantitative estimate of drug-likeness (QED) is 0.776. The summed E-state index contributed by atoms with van der Waals surface area (Å²) in [4.78, 5) is 2.38. The van der Waals surface area contributed by atoms with Crippen LogP contribution in [0.15, 0.2) is 24.3 Å². The molecule has 1 N–H and O–H groups in total. The highest BCUT2D eigenvalue weighted by atomic mass is 16.5. The van der Waals surface area contributed by atoms with Crippen molar-refractivity contribution in [3.63, 3.8) is 0 Å². The molecule has 1 aromatic rings. The van der Waals surface area contributed by atoms with E-state index < -0.39 is 0 Å². The van der Waals surface area contributed by atoms with Crippen LogP contribution in [0.5, 0.6) is 5.75 Å². The van der Waals surface area contributed by atoms with Crippen molar-refractivity contribution in [3.05, 3.63) is 24.3 Å². The topological polar surface area (TPSA) is 33.7 Å².